The number of carbonyl (C=O) groups excluding carboxylic acids is 1. The van der Waals surface area contributed by atoms with Crippen molar-refractivity contribution < 1.29 is 9.18 Å². The van der Waals surface area contributed by atoms with Crippen molar-refractivity contribution >= 4 is 17.2 Å². The molecule has 0 spiro atoms. The molecule has 4 rings (SSSR count). The summed E-state index contributed by atoms with van der Waals surface area (Å²) < 4.78 is 12.9. The molecule has 1 aromatic heterocycles. The Morgan fingerprint density at radius 3 is 2.96 bits per heavy atom. The lowest BCUT2D eigenvalue weighted by atomic mass is 9.94. The van der Waals surface area contributed by atoms with Crippen molar-refractivity contribution in [3.8, 4) is 0 Å². The summed E-state index contributed by atoms with van der Waals surface area (Å²) in [7, 11) is 0. The molecule has 8 heteroatoms. The summed E-state index contributed by atoms with van der Waals surface area (Å²) in [5.74, 6) is 0.204. The molecule has 2 N–H and O–H groups in total. The molecule has 1 aromatic carbocycles. The van der Waals surface area contributed by atoms with Gasteiger partial charge >= 0.3 is 0 Å². The van der Waals surface area contributed by atoms with Gasteiger partial charge in [0.2, 0.25) is 5.01 Å². The molecular weight excluding hydrogens is 353 g/mol. The molecule has 2 aromatic rings. The van der Waals surface area contributed by atoms with Crippen LogP contribution >= 0.6 is 11.3 Å². The van der Waals surface area contributed by atoms with Gasteiger partial charge in [-0.25, -0.2) is 4.39 Å². The minimum atomic E-state index is -0.286. The van der Waals surface area contributed by atoms with E-state index in [9.17, 15) is 9.18 Å². The van der Waals surface area contributed by atoms with Crippen LogP contribution < -0.4 is 10.6 Å². The van der Waals surface area contributed by atoms with Crippen molar-refractivity contribution in [1.82, 2.24) is 25.7 Å². The monoisotopic (exact) mass is 375 g/mol. The Balaban J connectivity index is 1.29. The standard InChI is InChI=1S/C18H22FN5OS/c19-14-5-3-12(4-6-14)8-21-17(25)18-23-22-16(26-18)11-24-9-13-2-1-7-20-15(13)10-24/h3-6,13,15,20H,1-2,7-11H2,(H,21,25)/t13-,15+/m0/s1. The topological polar surface area (TPSA) is 70.2 Å². The number of piperidine rings is 1. The Morgan fingerprint density at radius 2 is 2.15 bits per heavy atom. The highest BCUT2D eigenvalue weighted by atomic mass is 32.1. The summed E-state index contributed by atoms with van der Waals surface area (Å²) in [5, 5.41) is 15.9. The van der Waals surface area contributed by atoms with Crippen molar-refractivity contribution in [2.75, 3.05) is 19.6 Å². The van der Waals surface area contributed by atoms with E-state index in [1.807, 2.05) is 0 Å². The van der Waals surface area contributed by atoms with E-state index in [0.717, 1.165) is 42.7 Å². The molecule has 0 bridgehead atoms. The number of halogens is 1. The number of likely N-dealkylation sites (tertiary alicyclic amines) is 1. The Labute approximate surface area is 155 Å². The van der Waals surface area contributed by atoms with Crippen LogP contribution in [0, 0.1) is 11.7 Å². The fraction of sp³-hybridized carbons (Fsp3) is 0.500. The van der Waals surface area contributed by atoms with Crippen LogP contribution in [0.3, 0.4) is 0 Å². The zero-order valence-corrected chi connectivity index (χ0v) is 15.3. The molecule has 0 aliphatic carbocycles. The van der Waals surface area contributed by atoms with Gasteiger partial charge in [-0.2, -0.15) is 0 Å². The minimum absolute atomic E-state index is 0.241. The molecule has 3 heterocycles. The summed E-state index contributed by atoms with van der Waals surface area (Å²) in [4.78, 5) is 14.6. The van der Waals surface area contributed by atoms with Gasteiger partial charge in [0.1, 0.15) is 10.8 Å². The van der Waals surface area contributed by atoms with Gasteiger partial charge in [-0.1, -0.05) is 23.5 Å². The molecule has 138 valence electrons. The smallest absolute Gasteiger partial charge is 0.282 e. The third-order valence-electron chi connectivity index (χ3n) is 5.06. The summed E-state index contributed by atoms with van der Waals surface area (Å²) >= 11 is 1.34. The van der Waals surface area contributed by atoms with E-state index in [4.69, 9.17) is 0 Å². The van der Waals surface area contributed by atoms with Crippen molar-refractivity contribution in [2.45, 2.75) is 32.0 Å². The maximum Gasteiger partial charge on any atom is 0.282 e. The first kappa shape index (κ1) is 17.5. The zero-order chi connectivity index (χ0) is 17.9. The van der Waals surface area contributed by atoms with E-state index in [2.05, 4.69) is 25.7 Å². The van der Waals surface area contributed by atoms with E-state index in [1.54, 1.807) is 12.1 Å². The van der Waals surface area contributed by atoms with Gasteiger partial charge < -0.3 is 10.6 Å². The fourth-order valence-electron chi connectivity index (χ4n) is 3.73. The molecule has 0 unspecified atom stereocenters. The highest BCUT2D eigenvalue weighted by molar-refractivity contribution is 7.13. The molecule has 2 aliphatic heterocycles. The Hall–Kier alpha value is -1.90. The van der Waals surface area contributed by atoms with Crippen molar-refractivity contribution in [2.24, 2.45) is 5.92 Å². The van der Waals surface area contributed by atoms with Gasteiger partial charge in [-0.05, 0) is 43.0 Å². The zero-order valence-electron chi connectivity index (χ0n) is 14.4. The molecule has 2 aliphatic rings. The maximum atomic E-state index is 12.9. The number of fused-ring (bicyclic) bond motifs is 1. The summed E-state index contributed by atoms with van der Waals surface area (Å²) in [6.45, 7) is 4.33. The van der Waals surface area contributed by atoms with Crippen molar-refractivity contribution in [1.29, 1.82) is 0 Å². The average Bonchev–Trinajstić information content (AvgIpc) is 3.27. The van der Waals surface area contributed by atoms with Crippen LogP contribution in [0.1, 0.15) is 33.2 Å². The first-order chi connectivity index (χ1) is 12.7. The summed E-state index contributed by atoms with van der Waals surface area (Å²) in [5.41, 5.74) is 0.844. The van der Waals surface area contributed by atoms with Crippen LogP contribution in [0.4, 0.5) is 4.39 Å². The van der Waals surface area contributed by atoms with Gasteiger partial charge in [-0.3, -0.25) is 9.69 Å². The third kappa shape index (κ3) is 4.08. The molecule has 0 radical (unpaired) electrons. The quantitative estimate of drug-likeness (QED) is 0.834. The molecule has 0 saturated carbocycles. The second kappa shape index (κ2) is 7.77. The summed E-state index contributed by atoms with van der Waals surface area (Å²) in [6, 6.07) is 6.67. The van der Waals surface area contributed by atoms with Crippen LogP contribution in [-0.2, 0) is 13.1 Å². The van der Waals surface area contributed by atoms with Crippen LogP contribution in [0.15, 0.2) is 24.3 Å². The highest BCUT2D eigenvalue weighted by Crippen LogP contribution is 2.26. The lowest BCUT2D eigenvalue weighted by Gasteiger charge is -2.24. The number of aromatic nitrogens is 2. The first-order valence-corrected chi connectivity index (χ1v) is 9.80. The Bertz CT molecular complexity index is 751. The van der Waals surface area contributed by atoms with Crippen LogP contribution in [0.2, 0.25) is 0 Å². The number of amides is 1. The van der Waals surface area contributed by atoms with Gasteiger partial charge in [0.25, 0.3) is 5.91 Å². The molecule has 6 nitrogen and oxygen atoms in total. The van der Waals surface area contributed by atoms with E-state index >= 15 is 0 Å². The molecule has 2 atom stereocenters. The highest BCUT2D eigenvalue weighted by Gasteiger charge is 2.34. The molecule has 2 fully saturated rings. The minimum Gasteiger partial charge on any atom is -0.346 e. The molecular formula is C18H22FN5OS. The van der Waals surface area contributed by atoms with E-state index < -0.39 is 0 Å². The number of carbonyl (C=O) groups is 1. The fourth-order valence-corrected chi connectivity index (χ4v) is 4.52. The van der Waals surface area contributed by atoms with Gasteiger partial charge in [0, 0.05) is 25.7 Å². The largest absolute Gasteiger partial charge is 0.346 e. The average molecular weight is 375 g/mol. The van der Waals surface area contributed by atoms with E-state index in [-0.39, 0.29) is 11.7 Å². The molecule has 26 heavy (non-hydrogen) atoms. The van der Waals surface area contributed by atoms with E-state index in [0.29, 0.717) is 17.6 Å². The number of hydrogen-bond donors (Lipinski definition) is 2. The Morgan fingerprint density at radius 1 is 1.31 bits per heavy atom. The molecule has 1 amide bonds. The SMILES string of the molecule is O=C(NCc1ccc(F)cc1)c1nnc(CN2C[C@@H]3CCCN[C@@H]3C2)s1. The number of nitrogens with one attached hydrogen (secondary N) is 2. The lowest BCUT2D eigenvalue weighted by molar-refractivity contribution is 0.0950. The van der Waals surface area contributed by atoms with Crippen LogP contribution in [0.25, 0.3) is 0 Å². The van der Waals surface area contributed by atoms with Crippen LogP contribution in [0.5, 0.6) is 0 Å². The number of benzene rings is 1. The maximum absolute atomic E-state index is 12.9. The Kier molecular flexibility index (Phi) is 5.23. The van der Waals surface area contributed by atoms with E-state index in [1.165, 1.54) is 36.3 Å². The first-order valence-electron chi connectivity index (χ1n) is 8.98. The van der Waals surface area contributed by atoms with Gasteiger partial charge in [-0.15, -0.1) is 10.2 Å². The predicted molar refractivity (Wildman–Crippen MR) is 97.3 cm³/mol. The number of nitrogens with zero attached hydrogens (tertiary/aromatic N) is 3. The third-order valence-corrected chi connectivity index (χ3v) is 5.97. The lowest BCUT2D eigenvalue weighted by Crippen LogP contribution is -2.40. The van der Waals surface area contributed by atoms with Crippen molar-refractivity contribution in [3.05, 3.63) is 45.7 Å². The summed E-state index contributed by atoms with van der Waals surface area (Å²) in [6.07, 6.45) is 2.55. The second-order valence-electron chi connectivity index (χ2n) is 6.97. The number of hydrogen-bond acceptors (Lipinski definition) is 6. The van der Waals surface area contributed by atoms with Gasteiger partial charge in [0.15, 0.2) is 0 Å². The van der Waals surface area contributed by atoms with Crippen LogP contribution in [-0.4, -0.2) is 46.7 Å². The normalized spacial score (nSPS) is 23.0. The molecule has 2 saturated heterocycles. The van der Waals surface area contributed by atoms with Crippen molar-refractivity contribution in [3.63, 3.8) is 0 Å². The van der Waals surface area contributed by atoms with Gasteiger partial charge in [0.05, 0.1) is 6.54 Å². The second-order valence-corrected chi connectivity index (χ2v) is 8.03. The predicted octanol–water partition coefficient (Wildman–Crippen LogP) is 1.79. The number of rotatable bonds is 5.